The third-order valence-electron chi connectivity index (χ3n) is 2.56. The molecule has 1 aromatic carbocycles. The topological polar surface area (TPSA) is 35.2 Å². The highest BCUT2D eigenvalue weighted by atomic mass is 32.1. The smallest absolute Gasteiger partial charge is 0.118 e. The van der Waals surface area contributed by atoms with Gasteiger partial charge in [-0.1, -0.05) is 19.1 Å². The number of nitrogens with two attached hydrogens (primary N) is 1. The van der Waals surface area contributed by atoms with Crippen LogP contribution in [0.2, 0.25) is 0 Å². The van der Waals surface area contributed by atoms with E-state index in [1.165, 1.54) is 4.88 Å². The van der Waals surface area contributed by atoms with E-state index < -0.39 is 0 Å². The van der Waals surface area contributed by atoms with Crippen molar-refractivity contribution in [1.29, 1.82) is 0 Å². The molecular weight excluding hydrogens is 218 g/mol. The molecule has 2 nitrogen and oxygen atoms in total. The van der Waals surface area contributed by atoms with Crippen molar-refractivity contribution in [1.82, 2.24) is 0 Å². The van der Waals surface area contributed by atoms with Gasteiger partial charge in [-0.3, -0.25) is 0 Å². The number of nitrogen functional groups attached to an aromatic ring is 1. The molecular formula is C13H15NOS. The molecule has 0 saturated heterocycles. The maximum atomic E-state index is 6.01. The number of hydrogen-bond donors (Lipinski definition) is 1. The van der Waals surface area contributed by atoms with Crippen molar-refractivity contribution in [2.75, 3.05) is 12.8 Å². The van der Waals surface area contributed by atoms with Crippen molar-refractivity contribution in [3.05, 3.63) is 35.2 Å². The molecule has 0 spiro atoms. The summed E-state index contributed by atoms with van der Waals surface area (Å²) in [5, 5.41) is 0.891. The van der Waals surface area contributed by atoms with Crippen LogP contribution in [0.3, 0.4) is 0 Å². The Morgan fingerprint density at radius 1 is 1.25 bits per heavy atom. The van der Waals surface area contributed by atoms with Crippen molar-refractivity contribution in [3.63, 3.8) is 0 Å². The normalized spacial score (nSPS) is 10.4. The molecule has 0 bridgehead atoms. The van der Waals surface area contributed by atoms with E-state index >= 15 is 0 Å². The van der Waals surface area contributed by atoms with E-state index in [1.54, 1.807) is 18.4 Å². The first-order valence-corrected chi connectivity index (χ1v) is 6.09. The highest BCUT2D eigenvalue weighted by molar-refractivity contribution is 7.16. The number of hydrogen-bond acceptors (Lipinski definition) is 3. The SMILES string of the molecule is CCc1cc(-c2ccc(OC)cc2)c(N)s1. The first kappa shape index (κ1) is 11.0. The second-order valence-electron chi connectivity index (χ2n) is 3.57. The van der Waals surface area contributed by atoms with Crippen LogP contribution in [-0.4, -0.2) is 7.11 Å². The molecule has 0 aliphatic rings. The summed E-state index contributed by atoms with van der Waals surface area (Å²) in [6.07, 6.45) is 1.03. The number of rotatable bonds is 3. The fourth-order valence-electron chi connectivity index (χ4n) is 1.63. The van der Waals surface area contributed by atoms with Gasteiger partial charge in [0.2, 0.25) is 0 Å². The summed E-state index contributed by atoms with van der Waals surface area (Å²) in [7, 11) is 1.67. The van der Waals surface area contributed by atoms with Crippen LogP contribution in [-0.2, 0) is 6.42 Å². The molecule has 16 heavy (non-hydrogen) atoms. The van der Waals surface area contributed by atoms with Crippen molar-refractivity contribution in [3.8, 4) is 16.9 Å². The summed E-state index contributed by atoms with van der Waals surface area (Å²) in [6, 6.07) is 10.2. The zero-order chi connectivity index (χ0) is 11.5. The number of ether oxygens (including phenoxy) is 1. The van der Waals surface area contributed by atoms with E-state index in [2.05, 4.69) is 13.0 Å². The van der Waals surface area contributed by atoms with Crippen LogP contribution in [0.15, 0.2) is 30.3 Å². The van der Waals surface area contributed by atoms with Crippen LogP contribution < -0.4 is 10.5 Å². The lowest BCUT2D eigenvalue weighted by Crippen LogP contribution is -1.85. The summed E-state index contributed by atoms with van der Waals surface area (Å²) in [6.45, 7) is 2.14. The second kappa shape index (κ2) is 4.58. The molecule has 1 heterocycles. The molecule has 0 aliphatic heterocycles. The summed E-state index contributed by atoms with van der Waals surface area (Å²) in [4.78, 5) is 1.32. The van der Waals surface area contributed by atoms with E-state index in [0.29, 0.717) is 0 Å². The molecule has 84 valence electrons. The van der Waals surface area contributed by atoms with E-state index in [1.807, 2.05) is 24.3 Å². The van der Waals surface area contributed by atoms with Gasteiger partial charge in [-0.2, -0.15) is 0 Å². The largest absolute Gasteiger partial charge is 0.497 e. The van der Waals surface area contributed by atoms with Gasteiger partial charge < -0.3 is 10.5 Å². The minimum absolute atomic E-state index is 0.869. The Morgan fingerprint density at radius 3 is 2.44 bits per heavy atom. The van der Waals surface area contributed by atoms with Gasteiger partial charge in [-0.25, -0.2) is 0 Å². The van der Waals surface area contributed by atoms with E-state index in [4.69, 9.17) is 10.5 Å². The third kappa shape index (κ3) is 2.04. The highest BCUT2D eigenvalue weighted by Gasteiger charge is 2.07. The summed E-state index contributed by atoms with van der Waals surface area (Å²) in [5.74, 6) is 0.869. The summed E-state index contributed by atoms with van der Waals surface area (Å²) >= 11 is 1.67. The van der Waals surface area contributed by atoms with E-state index in [0.717, 1.165) is 28.3 Å². The van der Waals surface area contributed by atoms with Crippen LogP contribution in [0.25, 0.3) is 11.1 Å². The lowest BCUT2D eigenvalue weighted by molar-refractivity contribution is 0.415. The number of benzene rings is 1. The Bertz CT molecular complexity index is 473. The Hall–Kier alpha value is -1.48. The van der Waals surface area contributed by atoms with E-state index in [9.17, 15) is 0 Å². The highest BCUT2D eigenvalue weighted by Crippen LogP contribution is 2.34. The van der Waals surface area contributed by atoms with Gasteiger partial charge in [-0.15, -0.1) is 11.3 Å². The van der Waals surface area contributed by atoms with Gasteiger partial charge >= 0.3 is 0 Å². The molecule has 0 aliphatic carbocycles. The van der Waals surface area contributed by atoms with Crippen molar-refractivity contribution >= 4 is 16.3 Å². The van der Waals surface area contributed by atoms with E-state index in [-0.39, 0.29) is 0 Å². The van der Waals surface area contributed by atoms with Crippen molar-refractivity contribution in [2.45, 2.75) is 13.3 Å². The average Bonchev–Trinajstić information content (AvgIpc) is 2.71. The predicted octanol–water partition coefficient (Wildman–Crippen LogP) is 3.57. The van der Waals surface area contributed by atoms with Gasteiger partial charge in [0.1, 0.15) is 5.75 Å². The Morgan fingerprint density at radius 2 is 1.94 bits per heavy atom. The molecule has 0 fully saturated rings. The van der Waals surface area contributed by atoms with Crippen LogP contribution in [0.5, 0.6) is 5.75 Å². The quantitative estimate of drug-likeness (QED) is 0.879. The second-order valence-corrected chi connectivity index (χ2v) is 4.74. The van der Waals surface area contributed by atoms with Crippen LogP contribution in [0, 0.1) is 0 Å². The first-order chi connectivity index (χ1) is 7.74. The zero-order valence-corrected chi connectivity index (χ0v) is 10.3. The van der Waals surface area contributed by atoms with Crippen LogP contribution >= 0.6 is 11.3 Å². The molecule has 2 N–H and O–H groups in total. The lowest BCUT2D eigenvalue weighted by Gasteiger charge is -2.02. The standard InChI is InChI=1S/C13H15NOS/c1-3-11-8-12(13(14)16-11)9-4-6-10(15-2)7-5-9/h4-8H,3,14H2,1-2H3. The van der Waals surface area contributed by atoms with Gasteiger partial charge in [0.15, 0.2) is 0 Å². The predicted molar refractivity (Wildman–Crippen MR) is 70.1 cm³/mol. The van der Waals surface area contributed by atoms with Gasteiger partial charge in [0, 0.05) is 10.4 Å². The Kier molecular flexibility index (Phi) is 3.15. The Labute approximate surface area is 99.7 Å². The molecule has 0 saturated carbocycles. The van der Waals surface area contributed by atoms with Gasteiger partial charge in [-0.05, 0) is 30.2 Å². The molecule has 3 heteroatoms. The molecule has 2 aromatic rings. The number of methoxy groups -OCH3 is 1. The number of thiophene rings is 1. The minimum atomic E-state index is 0.869. The molecule has 0 radical (unpaired) electrons. The molecule has 1 aromatic heterocycles. The third-order valence-corrected chi connectivity index (χ3v) is 3.67. The van der Waals surface area contributed by atoms with Gasteiger partial charge in [0.05, 0.1) is 12.1 Å². The van der Waals surface area contributed by atoms with Crippen molar-refractivity contribution < 1.29 is 4.74 Å². The maximum absolute atomic E-state index is 6.01. The van der Waals surface area contributed by atoms with Crippen LogP contribution in [0.4, 0.5) is 5.00 Å². The van der Waals surface area contributed by atoms with Crippen molar-refractivity contribution in [2.24, 2.45) is 0 Å². The molecule has 0 unspecified atom stereocenters. The monoisotopic (exact) mass is 233 g/mol. The average molecular weight is 233 g/mol. The fraction of sp³-hybridized carbons (Fsp3) is 0.231. The van der Waals surface area contributed by atoms with Gasteiger partial charge in [0.25, 0.3) is 0 Å². The Balaban J connectivity index is 2.38. The number of aryl methyl sites for hydroxylation is 1. The molecule has 2 rings (SSSR count). The summed E-state index contributed by atoms with van der Waals surface area (Å²) < 4.78 is 5.13. The lowest BCUT2D eigenvalue weighted by atomic mass is 10.1. The zero-order valence-electron chi connectivity index (χ0n) is 9.49. The maximum Gasteiger partial charge on any atom is 0.118 e. The number of anilines is 1. The minimum Gasteiger partial charge on any atom is -0.497 e. The van der Waals surface area contributed by atoms with Crippen LogP contribution in [0.1, 0.15) is 11.8 Å². The molecule has 0 atom stereocenters. The first-order valence-electron chi connectivity index (χ1n) is 5.27. The molecule has 0 amide bonds. The fourth-order valence-corrected chi connectivity index (χ4v) is 2.52. The summed E-state index contributed by atoms with van der Waals surface area (Å²) in [5.41, 5.74) is 8.28.